The number of aromatic nitrogens is 2. The number of hydrogen-bond acceptors (Lipinski definition) is 5. The summed E-state index contributed by atoms with van der Waals surface area (Å²) in [6, 6.07) is 11.2. The molecule has 0 bridgehead atoms. The van der Waals surface area contributed by atoms with Crippen LogP contribution in [-0.2, 0) is 4.79 Å². The molecule has 6 nitrogen and oxygen atoms in total. The summed E-state index contributed by atoms with van der Waals surface area (Å²) in [5.41, 5.74) is 4.50. The molecule has 7 heteroatoms. The van der Waals surface area contributed by atoms with Gasteiger partial charge in [-0.15, -0.1) is 0 Å². The lowest BCUT2D eigenvalue weighted by Crippen LogP contribution is -2.25. The molecule has 0 aliphatic carbocycles. The van der Waals surface area contributed by atoms with Gasteiger partial charge >= 0.3 is 0 Å². The van der Waals surface area contributed by atoms with E-state index in [1.807, 2.05) is 22.9 Å². The topological polar surface area (TPSA) is 73.2 Å². The van der Waals surface area contributed by atoms with Gasteiger partial charge in [-0.05, 0) is 49.2 Å². The zero-order valence-corrected chi connectivity index (χ0v) is 16.4. The Bertz CT molecular complexity index is 1070. The molecule has 1 aliphatic heterocycles. The second-order valence-electron chi connectivity index (χ2n) is 6.56. The Kier molecular flexibility index (Phi) is 4.92. The predicted octanol–water partition coefficient (Wildman–Crippen LogP) is 3.80. The van der Waals surface area contributed by atoms with Gasteiger partial charge in [0.15, 0.2) is 17.5 Å². The Labute approximate surface area is 166 Å². The van der Waals surface area contributed by atoms with E-state index < -0.39 is 0 Å². The van der Waals surface area contributed by atoms with Crippen LogP contribution >= 0.6 is 11.8 Å². The number of thioether (sulfide) groups is 1. The van der Waals surface area contributed by atoms with Crippen molar-refractivity contribution >= 4 is 29.1 Å². The summed E-state index contributed by atoms with van der Waals surface area (Å²) in [4.78, 5) is 28.5. The van der Waals surface area contributed by atoms with E-state index in [4.69, 9.17) is 4.74 Å². The van der Waals surface area contributed by atoms with Gasteiger partial charge in [-0.25, -0.2) is 4.98 Å². The Morgan fingerprint density at radius 3 is 3.00 bits per heavy atom. The Balaban J connectivity index is 1.51. The molecule has 2 aromatic carbocycles. The van der Waals surface area contributed by atoms with Crippen LogP contribution in [0.15, 0.2) is 53.9 Å². The van der Waals surface area contributed by atoms with Gasteiger partial charge in [0.1, 0.15) is 5.75 Å². The first-order valence-corrected chi connectivity index (χ1v) is 9.84. The summed E-state index contributed by atoms with van der Waals surface area (Å²) in [6.45, 7) is 4.15. The molecule has 0 radical (unpaired) electrons. The lowest BCUT2D eigenvalue weighted by atomic mass is 10.1. The number of carbonyl (C=O) groups is 2. The molecule has 3 aromatic rings. The standard InChI is InChI=1S/C21H19N3O3S/c1-13-4-3-5-17(14(13)2)24-9-8-22-21(24)28-12-18(25)15-6-7-19-16(10-15)23-20(26)11-27-19/h3-10H,11-12H2,1-2H3,(H,23,26). The molecule has 1 amide bonds. The number of anilines is 1. The zero-order valence-electron chi connectivity index (χ0n) is 15.6. The van der Waals surface area contributed by atoms with E-state index in [-0.39, 0.29) is 24.1 Å². The maximum absolute atomic E-state index is 12.7. The van der Waals surface area contributed by atoms with E-state index in [0.29, 0.717) is 17.0 Å². The Morgan fingerprint density at radius 1 is 1.29 bits per heavy atom. The highest BCUT2D eigenvalue weighted by molar-refractivity contribution is 7.99. The van der Waals surface area contributed by atoms with Crippen molar-refractivity contribution in [2.24, 2.45) is 0 Å². The normalized spacial score (nSPS) is 12.9. The van der Waals surface area contributed by atoms with E-state index in [0.717, 1.165) is 10.8 Å². The van der Waals surface area contributed by atoms with Crippen molar-refractivity contribution in [2.75, 3.05) is 17.7 Å². The van der Waals surface area contributed by atoms with Crippen molar-refractivity contribution in [3.05, 3.63) is 65.5 Å². The molecule has 4 rings (SSSR count). The number of carbonyl (C=O) groups excluding carboxylic acids is 2. The second kappa shape index (κ2) is 7.52. The van der Waals surface area contributed by atoms with Crippen molar-refractivity contribution in [1.29, 1.82) is 0 Å². The number of ketones is 1. The van der Waals surface area contributed by atoms with E-state index in [9.17, 15) is 9.59 Å². The molecule has 0 atom stereocenters. The van der Waals surface area contributed by atoms with Crippen LogP contribution in [0.3, 0.4) is 0 Å². The number of imidazole rings is 1. The first kappa shape index (κ1) is 18.3. The number of amides is 1. The highest BCUT2D eigenvalue weighted by Gasteiger charge is 2.18. The molecule has 0 saturated carbocycles. The number of nitrogens with zero attached hydrogens (tertiary/aromatic N) is 2. The van der Waals surface area contributed by atoms with E-state index in [1.165, 1.54) is 22.9 Å². The third-order valence-corrected chi connectivity index (χ3v) is 5.68. The smallest absolute Gasteiger partial charge is 0.262 e. The molecule has 28 heavy (non-hydrogen) atoms. The molecular formula is C21H19N3O3S. The van der Waals surface area contributed by atoms with E-state index in [2.05, 4.69) is 30.2 Å². The van der Waals surface area contributed by atoms with Gasteiger partial charge in [0, 0.05) is 18.0 Å². The molecule has 0 saturated heterocycles. The van der Waals surface area contributed by atoms with Gasteiger partial charge in [-0.2, -0.15) is 0 Å². The third-order valence-electron chi connectivity index (χ3n) is 4.71. The lowest BCUT2D eigenvalue weighted by molar-refractivity contribution is -0.118. The summed E-state index contributed by atoms with van der Waals surface area (Å²) in [5, 5.41) is 3.49. The highest BCUT2D eigenvalue weighted by atomic mass is 32.2. The molecule has 142 valence electrons. The van der Waals surface area contributed by atoms with Gasteiger partial charge in [0.25, 0.3) is 5.91 Å². The van der Waals surface area contributed by atoms with Crippen molar-refractivity contribution in [1.82, 2.24) is 9.55 Å². The number of Topliss-reactive ketones (excluding diaryl/α,β-unsaturated/α-hetero) is 1. The van der Waals surface area contributed by atoms with E-state index in [1.54, 1.807) is 24.4 Å². The van der Waals surface area contributed by atoms with Gasteiger partial charge in [-0.1, -0.05) is 23.9 Å². The fourth-order valence-electron chi connectivity index (χ4n) is 3.05. The largest absolute Gasteiger partial charge is 0.482 e. The van der Waals surface area contributed by atoms with Crippen LogP contribution in [0.5, 0.6) is 5.75 Å². The minimum absolute atomic E-state index is 0.00280. The predicted molar refractivity (Wildman–Crippen MR) is 109 cm³/mol. The van der Waals surface area contributed by atoms with Crippen LogP contribution in [-0.4, -0.2) is 33.6 Å². The molecule has 1 aliphatic rings. The van der Waals surface area contributed by atoms with Crippen LogP contribution in [0.25, 0.3) is 5.69 Å². The van der Waals surface area contributed by atoms with Crippen molar-refractivity contribution in [2.45, 2.75) is 19.0 Å². The number of nitrogens with one attached hydrogen (secondary N) is 1. The highest BCUT2D eigenvalue weighted by Crippen LogP contribution is 2.30. The SMILES string of the molecule is Cc1cccc(-n2ccnc2SCC(=O)c2ccc3c(c2)NC(=O)CO3)c1C. The number of ether oxygens (including phenoxy) is 1. The molecule has 0 unspecified atom stereocenters. The first-order valence-electron chi connectivity index (χ1n) is 8.85. The Hall–Kier alpha value is -3.06. The van der Waals surface area contributed by atoms with Gasteiger partial charge in [0.05, 0.1) is 17.1 Å². The minimum atomic E-state index is -0.220. The average molecular weight is 393 g/mol. The second-order valence-corrected chi connectivity index (χ2v) is 7.50. The fraction of sp³-hybridized carbons (Fsp3) is 0.190. The van der Waals surface area contributed by atoms with Gasteiger partial charge < -0.3 is 10.1 Å². The number of hydrogen-bond donors (Lipinski definition) is 1. The van der Waals surface area contributed by atoms with Gasteiger partial charge in [-0.3, -0.25) is 14.2 Å². The summed E-state index contributed by atoms with van der Waals surface area (Å²) >= 11 is 1.39. The van der Waals surface area contributed by atoms with Crippen molar-refractivity contribution in [3.8, 4) is 11.4 Å². The summed E-state index contributed by atoms with van der Waals surface area (Å²) in [7, 11) is 0. The molecule has 1 aromatic heterocycles. The molecule has 1 N–H and O–H groups in total. The van der Waals surface area contributed by atoms with Gasteiger partial charge in [0.2, 0.25) is 0 Å². The average Bonchev–Trinajstić information content (AvgIpc) is 3.16. The number of fused-ring (bicyclic) bond motifs is 1. The number of rotatable bonds is 5. The molecule has 0 fully saturated rings. The van der Waals surface area contributed by atoms with Crippen molar-refractivity contribution < 1.29 is 14.3 Å². The van der Waals surface area contributed by atoms with Crippen molar-refractivity contribution in [3.63, 3.8) is 0 Å². The third kappa shape index (κ3) is 3.53. The first-order chi connectivity index (χ1) is 13.5. The van der Waals surface area contributed by atoms with E-state index >= 15 is 0 Å². The van der Waals surface area contributed by atoms with Crippen LogP contribution < -0.4 is 10.1 Å². The number of aryl methyl sites for hydroxylation is 1. The van der Waals surface area contributed by atoms with Crippen LogP contribution in [0.2, 0.25) is 0 Å². The maximum atomic E-state index is 12.7. The number of benzene rings is 2. The van der Waals surface area contributed by atoms with Crippen LogP contribution in [0.1, 0.15) is 21.5 Å². The maximum Gasteiger partial charge on any atom is 0.262 e. The zero-order chi connectivity index (χ0) is 19.7. The fourth-order valence-corrected chi connectivity index (χ4v) is 3.91. The minimum Gasteiger partial charge on any atom is -0.482 e. The summed E-state index contributed by atoms with van der Waals surface area (Å²) < 4.78 is 7.33. The summed E-state index contributed by atoms with van der Waals surface area (Å²) in [6.07, 6.45) is 3.64. The van der Waals surface area contributed by atoms with Crippen LogP contribution in [0, 0.1) is 13.8 Å². The lowest BCUT2D eigenvalue weighted by Gasteiger charge is -2.18. The quantitative estimate of drug-likeness (QED) is 0.527. The van der Waals surface area contributed by atoms with Crippen LogP contribution in [0.4, 0.5) is 5.69 Å². The monoisotopic (exact) mass is 393 g/mol. The summed E-state index contributed by atoms with van der Waals surface area (Å²) in [5.74, 6) is 0.564. The Morgan fingerprint density at radius 2 is 2.14 bits per heavy atom. The molecule has 2 heterocycles. The molecule has 0 spiro atoms. The molecular weight excluding hydrogens is 374 g/mol.